The second-order valence-electron chi connectivity index (χ2n) is 7.08. The number of aryl methyl sites for hydroxylation is 1. The Morgan fingerprint density at radius 2 is 1.84 bits per heavy atom. The number of rotatable bonds is 6. The van der Waals surface area contributed by atoms with Gasteiger partial charge >= 0.3 is 5.97 Å². The number of amides is 2. The van der Waals surface area contributed by atoms with Gasteiger partial charge in [0.1, 0.15) is 11.7 Å². The molecular formula is C23H20FN3O4S. The predicted molar refractivity (Wildman–Crippen MR) is 118 cm³/mol. The van der Waals surface area contributed by atoms with Crippen LogP contribution < -0.4 is 10.6 Å². The molecule has 0 fully saturated rings. The molecule has 1 heterocycles. The molecule has 3 rings (SSSR count). The van der Waals surface area contributed by atoms with Gasteiger partial charge in [0.25, 0.3) is 0 Å². The van der Waals surface area contributed by atoms with E-state index in [1.54, 1.807) is 12.1 Å². The Labute approximate surface area is 188 Å². The van der Waals surface area contributed by atoms with Crippen LogP contribution in [-0.2, 0) is 19.1 Å². The van der Waals surface area contributed by atoms with E-state index < -0.39 is 35.4 Å². The summed E-state index contributed by atoms with van der Waals surface area (Å²) in [5, 5.41) is 15.3. The van der Waals surface area contributed by atoms with Crippen LogP contribution >= 0.6 is 11.8 Å². The number of nitrogens with one attached hydrogen (secondary N) is 2. The fraction of sp³-hybridized carbons (Fsp3) is 0.217. The van der Waals surface area contributed by atoms with Crippen molar-refractivity contribution in [1.29, 1.82) is 5.26 Å². The van der Waals surface area contributed by atoms with Crippen LogP contribution in [0.3, 0.4) is 0 Å². The van der Waals surface area contributed by atoms with E-state index in [-0.39, 0.29) is 16.4 Å². The first-order valence-corrected chi connectivity index (χ1v) is 10.6. The summed E-state index contributed by atoms with van der Waals surface area (Å²) in [6.45, 7) is 1.90. The van der Waals surface area contributed by atoms with Crippen molar-refractivity contribution in [2.75, 3.05) is 18.2 Å². The number of esters is 1. The number of halogens is 1. The summed E-state index contributed by atoms with van der Waals surface area (Å²) in [6.07, 6.45) is 0. The summed E-state index contributed by atoms with van der Waals surface area (Å²) >= 11 is 0.974. The van der Waals surface area contributed by atoms with E-state index in [2.05, 4.69) is 16.7 Å². The number of allylic oxidation sites excluding steroid dienone is 1. The third kappa shape index (κ3) is 5.15. The monoisotopic (exact) mass is 453 g/mol. The number of hydrogen-bond donors (Lipinski definition) is 2. The Hall–Kier alpha value is -3.64. The van der Waals surface area contributed by atoms with Crippen molar-refractivity contribution in [2.45, 2.75) is 12.8 Å². The number of anilines is 1. The summed E-state index contributed by atoms with van der Waals surface area (Å²) in [7, 11) is 1.18. The van der Waals surface area contributed by atoms with Gasteiger partial charge < -0.3 is 15.4 Å². The molecule has 32 heavy (non-hydrogen) atoms. The molecule has 2 aromatic carbocycles. The number of methoxy groups -OCH3 is 1. The van der Waals surface area contributed by atoms with Gasteiger partial charge in [0.2, 0.25) is 11.8 Å². The number of ether oxygens (including phenoxy) is 1. The molecule has 9 heteroatoms. The highest BCUT2D eigenvalue weighted by molar-refractivity contribution is 8.03. The number of benzene rings is 2. The minimum atomic E-state index is -1.23. The summed E-state index contributed by atoms with van der Waals surface area (Å²) < 4.78 is 17.8. The van der Waals surface area contributed by atoms with Gasteiger partial charge in [-0.25, -0.2) is 4.39 Å². The number of nitriles is 1. The van der Waals surface area contributed by atoms with Gasteiger partial charge in [0, 0.05) is 11.6 Å². The van der Waals surface area contributed by atoms with E-state index in [1.807, 2.05) is 19.1 Å². The lowest BCUT2D eigenvalue weighted by atomic mass is 9.78. The van der Waals surface area contributed by atoms with Crippen LogP contribution in [0.2, 0.25) is 0 Å². The van der Waals surface area contributed by atoms with E-state index in [1.165, 1.54) is 31.4 Å². The number of carbonyl (C=O) groups excluding carboxylic acids is 3. The average molecular weight is 453 g/mol. The van der Waals surface area contributed by atoms with Gasteiger partial charge in [-0.3, -0.25) is 14.4 Å². The Morgan fingerprint density at radius 3 is 2.44 bits per heavy atom. The lowest BCUT2D eigenvalue weighted by molar-refractivity contribution is -0.150. The Balaban J connectivity index is 1.87. The summed E-state index contributed by atoms with van der Waals surface area (Å²) in [5.41, 5.74) is 2.19. The lowest BCUT2D eigenvalue weighted by Crippen LogP contribution is -2.44. The Morgan fingerprint density at radius 1 is 1.19 bits per heavy atom. The molecule has 0 aliphatic carbocycles. The number of carbonyl (C=O) groups is 3. The zero-order valence-corrected chi connectivity index (χ0v) is 18.2. The first-order valence-electron chi connectivity index (χ1n) is 9.61. The highest BCUT2D eigenvalue weighted by atomic mass is 32.2. The molecule has 2 amide bonds. The van der Waals surface area contributed by atoms with Gasteiger partial charge in [-0.15, -0.1) is 0 Å². The molecule has 0 unspecified atom stereocenters. The molecule has 2 atom stereocenters. The van der Waals surface area contributed by atoms with E-state index in [0.717, 1.165) is 17.3 Å². The highest BCUT2D eigenvalue weighted by Crippen LogP contribution is 2.40. The van der Waals surface area contributed by atoms with E-state index in [4.69, 9.17) is 4.74 Å². The maximum atomic E-state index is 13.0. The fourth-order valence-corrected chi connectivity index (χ4v) is 4.17. The summed E-state index contributed by atoms with van der Waals surface area (Å²) in [5.74, 6) is -4.36. The van der Waals surface area contributed by atoms with Gasteiger partial charge in [-0.2, -0.15) is 5.26 Å². The summed E-state index contributed by atoms with van der Waals surface area (Å²) in [6, 6.07) is 14.6. The second kappa shape index (κ2) is 10.1. The topological polar surface area (TPSA) is 108 Å². The fourth-order valence-electron chi connectivity index (χ4n) is 3.32. The molecule has 0 radical (unpaired) electrons. The normalized spacial score (nSPS) is 17.9. The SMILES string of the molecule is COC(=O)[C@H]1C(=O)NC(SCC(=O)Nc2ccc(F)cc2)=C(C#N)[C@H]1c1ccc(C)cc1. The standard InChI is InChI=1S/C23H20FN3O4S/c1-13-3-5-14(6-4-13)19-17(11-25)22(27-21(29)20(19)23(30)31-2)32-12-18(28)26-16-9-7-15(24)8-10-16/h3-10,19-20H,12H2,1-2H3,(H,26,28)(H,27,29)/t19-,20-/m1/s1. The third-order valence-electron chi connectivity index (χ3n) is 4.90. The van der Waals surface area contributed by atoms with Crippen LogP contribution in [0.5, 0.6) is 0 Å². The molecule has 7 nitrogen and oxygen atoms in total. The molecule has 0 bridgehead atoms. The predicted octanol–water partition coefficient (Wildman–Crippen LogP) is 3.24. The minimum Gasteiger partial charge on any atom is -0.468 e. The van der Waals surface area contributed by atoms with E-state index >= 15 is 0 Å². The second-order valence-corrected chi connectivity index (χ2v) is 8.06. The summed E-state index contributed by atoms with van der Waals surface area (Å²) in [4.78, 5) is 37.5. The molecule has 0 aromatic heterocycles. The maximum absolute atomic E-state index is 13.0. The van der Waals surface area contributed by atoms with E-state index in [9.17, 15) is 24.0 Å². The van der Waals surface area contributed by atoms with Crippen LogP contribution in [0, 0.1) is 30.0 Å². The highest BCUT2D eigenvalue weighted by Gasteiger charge is 2.44. The van der Waals surface area contributed by atoms with Crippen molar-refractivity contribution in [3.63, 3.8) is 0 Å². The maximum Gasteiger partial charge on any atom is 0.319 e. The molecule has 0 saturated heterocycles. The van der Waals surface area contributed by atoms with Crippen molar-refractivity contribution < 1.29 is 23.5 Å². The zero-order chi connectivity index (χ0) is 23.3. The number of hydrogen-bond acceptors (Lipinski definition) is 6. The minimum absolute atomic E-state index is 0.109. The molecule has 2 N–H and O–H groups in total. The molecule has 0 saturated carbocycles. The van der Waals surface area contributed by atoms with Gasteiger partial charge in [-0.1, -0.05) is 41.6 Å². The van der Waals surface area contributed by atoms with Crippen LogP contribution in [0.25, 0.3) is 0 Å². The van der Waals surface area contributed by atoms with Crippen molar-refractivity contribution >= 4 is 35.2 Å². The third-order valence-corrected chi connectivity index (χ3v) is 5.91. The zero-order valence-electron chi connectivity index (χ0n) is 17.3. The molecule has 1 aliphatic rings. The van der Waals surface area contributed by atoms with Crippen LogP contribution in [0.4, 0.5) is 10.1 Å². The molecule has 1 aliphatic heterocycles. The first kappa shape index (κ1) is 23.0. The number of thioether (sulfide) groups is 1. The first-order chi connectivity index (χ1) is 15.3. The van der Waals surface area contributed by atoms with Crippen LogP contribution in [0.1, 0.15) is 17.0 Å². The average Bonchev–Trinajstić information content (AvgIpc) is 2.78. The van der Waals surface area contributed by atoms with Crippen LogP contribution in [-0.4, -0.2) is 30.6 Å². The van der Waals surface area contributed by atoms with Gasteiger partial charge in [0.05, 0.1) is 29.5 Å². The molecule has 164 valence electrons. The lowest BCUT2D eigenvalue weighted by Gasteiger charge is -2.31. The van der Waals surface area contributed by atoms with Crippen molar-refractivity contribution in [3.05, 3.63) is 76.1 Å². The molecule has 2 aromatic rings. The molecule has 0 spiro atoms. The number of nitrogens with zero attached hydrogens (tertiary/aromatic N) is 1. The van der Waals surface area contributed by atoms with Crippen LogP contribution in [0.15, 0.2) is 59.1 Å². The smallest absolute Gasteiger partial charge is 0.319 e. The Bertz CT molecular complexity index is 1110. The Kier molecular flexibility index (Phi) is 7.28. The van der Waals surface area contributed by atoms with Crippen molar-refractivity contribution in [3.8, 4) is 6.07 Å². The van der Waals surface area contributed by atoms with Gasteiger partial charge in [0.15, 0.2) is 0 Å². The van der Waals surface area contributed by atoms with E-state index in [0.29, 0.717) is 11.3 Å². The largest absolute Gasteiger partial charge is 0.468 e. The van der Waals surface area contributed by atoms with Gasteiger partial charge in [-0.05, 0) is 36.8 Å². The quantitative estimate of drug-likeness (QED) is 0.514. The molecular weight excluding hydrogens is 433 g/mol. The van der Waals surface area contributed by atoms with Crippen molar-refractivity contribution in [2.24, 2.45) is 5.92 Å². The van der Waals surface area contributed by atoms with Crippen molar-refractivity contribution in [1.82, 2.24) is 5.32 Å².